The summed E-state index contributed by atoms with van der Waals surface area (Å²) in [4.78, 5) is 12.4. The predicted molar refractivity (Wildman–Crippen MR) is 123 cm³/mol. The quantitative estimate of drug-likeness (QED) is 0.378. The van der Waals surface area contributed by atoms with Crippen LogP contribution < -0.4 is 11.1 Å². The average molecular weight is 416 g/mol. The van der Waals surface area contributed by atoms with Crippen molar-refractivity contribution in [2.45, 2.75) is 20.2 Å². The lowest BCUT2D eigenvalue weighted by Crippen LogP contribution is -2.24. The highest BCUT2D eigenvalue weighted by atomic mass is 16.5. The minimum Gasteiger partial charge on any atom is -0.382 e. The summed E-state index contributed by atoms with van der Waals surface area (Å²) in [5.41, 5.74) is 10.9. The summed E-state index contributed by atoms with van der Waals surface area (Å²) in [6.07, 6.45) is 3.11. The summed E-state index contributed by atoms with van der Waals surface area (Å²) in [6, 6.07) is 15.3. The average Bonchev–Trinajstić information content (AvgIpc) is 3.33. The SMILES string of the molecule is Cc1ccc2c(c1)c1ccccc1n2CCNCCOCn1cnc2c(N)ncnc21. The Balaban J connectivity index is 1.16. The molecule has 0 aliphatic carbocycles. The van der Waals surface area contributed by atoms with Crippen LogP contribution in [0.1, 0.15) is 5.56 Å². The summed E-state index contributed by atoms with van der Waals surface area (Å²) < 4.78 is 9.98. The van der Waals surface area contributed by atoms with Gasteiger partial charge in [-0.2, -0.15) is 0 Å². The third-order valence-electron chi connectivity index (χ3n) is 5.52. The number of para-hydroxylation sites is 1. The number of ether oxygens (including phenoxy) is 1. The Kier molecular flexibility index (Phi) is 5.23. The highest BCUT2D eigenvalue weighted by Gasteiger charge is 2.10. The Morgan fingerprint density at radius 3 is 2.81 bits per heavy atom. The van der Waals surface area contributed by atoms with Crippen molar-refractivity contribution in [1.82, 2.24) is 29.4 Å². The van der Waals surface area contributed by atoms with Gasteiger partial charge in [0.1, 0.15) is 18.6 Å². The highest BCUT2D eigenvalue weighted by molar-refractivity contribution is 6.08. The molecule has 0 spiro atoms. The summed E-state index contributed by atoms with van der Waals surface area (Å²) >= 11 is 0. The molecule has 0 amide bonds. The van der Waals surface area contributed by atoms with E-state index >= 15 is 0 Å². The van der Waals surface area contributed by atoms with Crippen molar-refractivity contribution in [2.24, 2.45) is 0 Å². The van der Waals surface area contributed by atoms with E-state index in [1.54, 1.807) is 6.33 Å². The molecule has 0 unspecified atom stereocenters. The summed E-state index contributed by atoms with van der Waals surface area (Å²) in [5.74, 6) is 0.380. The molecule has 0 fully saturated rings. The van der Waals surface area contributed by atoms with Gasteiger partial charge < -0.3 is 20.4 Å². The van der Waals surface area contributed by atoms with Crippen molar-refractivity contribution < 1.29 is 4.74 Å². The number of nitrogen functional groups attached to an aromatic ring is 1. The largest absolute Gasteiger partial charge is 0.382 e. The van der Waals surface area contributed by atoms with Gasteiger partial charge in [0.15, 0.2) is 11.5 Å². The maximum atomic E-state index is 5.82. The number of hydrogen-bond donors (Lipinski definition) is 2. The molecule has 3 N–H and O–H groups in total. The number of aromatic nitrogens is 5. The Morgan fingerprint density at radius 2 is 1.87 bits per heavy atom. The molecule has 2 aromatic carbocycles. The maximum Gasteiger partial charge on any atom is 0.167 e. The zero-order chi connectivity index (χ0) is 21.2. The lowest BCUT2D eigenvalue weighted by molar-refractivity contribution is 0.0811. The van der Waals surface area contributed by atoms with Gasteiger partial charge in [0, 0.05) is 41.4 Å². The molecule has 158 valence electrons. The summed E-state index contributed by atoms with van der Waals surface area (Å²) in [7, 11) is 0. The Hall–Kier alpha value is -3.49. The first-order valence-corrected chi connectivity index (χ1v) is 10.4. The molecular formula is C23H25N7O. The van der Waals surface area contributed by atoms with Gasteiger partial charge in [-0.1, -0.05) is 29.8 Å². The van der Waals surface area contributed by atoms with Crippen molar-refractivity contribution in [3.63, 3.8) is 0 Å². The summed E-state index contributed by atoms with van der Waals surface area (Å²) in [5, 5.41) is 6.10. The number of benzene rings is 2. The molecule has 0 saturated heterocycles. The van der Waals surface area contributed by atoms with E-state index in [0.29, 0.717) is 30.3 Å². The first-order valence-electron chi connectivity index (χ1n) is 10.4. The molecule has 31 heavy (non-hydrogen) atoms. The minimum absolute atomic E-state index is 0.376. The number of imidazole rings is 1. The van der Waals surface area contributed by atoms with Gasteiger partial charge >= 0.3 is 0 Å². The highest BCUT2D eigenvalue weighted by Crippen LogP contribution is 2.29. The fraction of sp³-hybridized carbons (Fsp3) is 0.261. The van der Waals surface area contributed by atoms with E-state index in [4.69, 9.17) is 10.5 Å². The number of nitrogens with zero attached hydrogens (tertiary/aromatic N) is 5. The first kappa shape index (κ1) is 19.5. The number of nitrogens with one attached hydrogen (secondary N) is 1. The van der Waals surface area contributed by atoms with E-state index in [1.165, 1.54) is 33.7 Å². The Labute approximate surface area is 179 Å². The number of anilines is 1. The molecule has 3 heterocycles. The minimum atomic E-state index is 0.376. The predicted octanol–water partition coefficient (Wildman–Crippen LogP) is 3.09. The standard InChI is InChI=1S/C23H25N7O/c1-16-6-7-20-18(12-16)17-4-2-3-5-19(17)30(20)10-8-25-9-11-31-15-29-14-28-21-22(24)26-13-27-23(21)29/h2-7,12-14,25H,8-11,15H2,1H3,(H2,24,26,27). The zero-order valence-electron chi connectivity index (χ0n) is 17.5. The van der Waals surface area contributed by atoms with Gasteiger partial charge in [0.25, 0.3) is 0 Å². The van der Waals surface area contributed by atoms with Crippen LogP contribution in [0.3, 0.4) is 0 Å². The van der Waals surface area contributed by atoms with Gasteiger partial charge in [-0.05, 0) is 25.1 Å². The second-order valence-electron chi connectivity index (χ2n) is 7.62. The van der Waals surface area contributed by atoms with E-state index in [1.807, 2.05) is 4.57 Å². The van der Waals surface area contributed by atoms with Crippen molar-refractivity contribution in [2.75, 3.05) is 25.4 Å². The summed E-state index contributed by atoms with van der Waals surface area (Å²) in [6.45, 7) is 5.63. The fourth-order valence-electron chi connectivity index (χ4n) is 4.02. The molecule has 5 aromatic rings. The number of rotatable bonds is 8. The van der Waals surface area contributed by atoms with E-state index in [0.717, 1.165) is 19.6 Å². The van der Waals surface area contributed by atoms with E-state index in [2.05, 4.69) is 74.2 Å². The lowest BCUT2D eigenvalue weighted by atomic mass is 10.1. The van der Waals surface area contributed by atoms with Crippen LogP contribution in [0.25, 0.3) is 33.0 Å². The van der Waals surface area contributed by atoms with E-state index in [-0.39, 0.29) is 0 Å². The van der Waals surface area contributed by atoms with Crippen molar-refractivity contribution >= 4 is 38.8 Å². The molecule has 0 aliphatic rings. The maximum absolute atomic E-state index is 5.82. The topological polar surface area (TPSA) is 95.8 Å². The molecule has 8 nitrogen and oxygen atoms in total. The molecule has 0 aliphatic heterocycles. The molecule has 0 radical (unpaired) electrons. The third kappa shape index (κ3) is 3.71. The molecule has 0 saturated carbocycles. The molecule has 0 atom stereocenters. The third-order valence-corrected chi connectivity index (χ3v) is 5.52. The van der Waals surface area contributed by atoms with Crippen molar-refractivity contribution in [3.05, 3.63) is 60.7 Å². The second-order valence-corrected chi connectivity index (χ2v) is 7.62. The van der Waals surface area contributed by atoms with Crippen LogP contribution in [0, 0.1) is 6.92 Å². The zero-order valence-corrected chi connectivity index (χ0v) is 17.5. The van der Waals surface area contributed by atoms with Crippen LogP contribution in [-0.2, 0) is 18.0 Å². The normalized spacial score (nSPS) is 11.8. The van der Waals surface area contributed by atoms with Crippen molar-refractivity contribution in [1.29, 1.82) is 0 Å². The van der Waals surface area contributed by atoms with Crippen LogP contribution in [0.15, 0.2) is 55.1 Å². The smallest absolute Gasteiger partial charge is 0.167 e. The van der Waals surface area contributed by atoms with Crippen LogP contribution in [0.2, 0.25) is 0 Å². The first-order chi connectivity index (χ1) is 15.2. The van der Waals surface area contributed by atoms with Crippen molar-refractivity contribution in [3.8, 4) is 0 Å². The van der Waals surface area contributed by atoms with Crippen LogP contribution >= 0.6 is 0 Å². The molecule has 3 aromatic heterocycles. The molecule has 0 bridgehead atoms. The van der Waals surface area contributed by atoms with Gasteiger partial charge in [-0.3, -0.25) is 4.57 Å². The van der Waals surface area contributed by atoms with E-state index < -0.39 is 0 Å². The van der Waals surface area contributed by atoms with Crippen LogP contribution in [-0.4, -0.2) is 43.8 Å². The van der Waals surface area contributed by atoms with Gasteiger partial charge in [0.2, 0.25) is 0 Å². The molecule has 5 rings (SSSR count). The second kappa shape index (κ2) is 8.33. The van der Waals surface area contributed by atoms with Gasteiger partial charge in [-0.15, -0.1) is 0 Å². The lowest BCUT2D eigenvalue weighted by Gasteiger charge is -2.10. The molecule has 8 heteroatoms. The number of aryl methyl sites for hydroxylation is 1. The van der Waals surface area contributed by atoms with E-state index in [9.17, 15) is 0 Å². The number of hydrogen-bond acceptors (Lipinski definition) is 6. The Bertz CT molecular complexity index is 1350. The Morgan fingerprint density at radius 1 is 1.00 bits per heavy atom. The fourth-order valence-corrected chi connectivity index (χ4v) is 4.02. The van der Waals surface area contributed by atoms with Crippen LogP contribution in [0.5, 0.6) is 0 Å². The number of fused-ring (bicyclic) bond motifs is 4. The molecular weight excluding hydrogens is 390 g/mol. The monoisotopic (exact) mass is 415 g/mol. The van der Waals surface area contributed by atoms with Gasteiger partial charge in [-0.25, -0.2) is 15.0 Å². The van der Waals surface area contributed by atoms with Crippen LogP contribution in [0.4, 0.5) is 5.82 Å². The van der Waals surface area contributed by atoms with Gasteiger partial charge in [0.05, 0.1) is 12.9 Å². The number of nitrogens with two attached hydrogens (primary N) is 1.